The van der Waals surface area contributed by atoms with Gasteiger partial charge in [-0.2, -0.15) is 0 Å². The van der Waals surface area contributed by atoms with Gasteiger partial charge in [-0.25, -0.2) is 4.90 Å². The van der Waals surface area contributed by atoms with Crippen LogP contribution in [0.5, 0.6) is 5.75 Å². The van der Waals surface area contributed by atoms with Gasteiger partial charge in [-0.1, -0.05) is 12.2 Å². The number of phenols is 1. The number of amides is 2. The number of fused-ring (bicyclic) bond motifs is 5. The summed E-state index contributed by atoms with van der Waals surface area (Å²) < 4.78 is 0. The largest absolute Gasteiger partial charge is 0.502 e. The van der Waals surface area contributed by atoms with E-state index in [0.29, 0.717) is 0 Å². The Morgan fingerprint density at radius 2 is 1.73 bits per heavy atom. The highest BCUT2D eigenvalue weighted by Gasteiger charge is 2.59. The monoisotopic (exact) mass is 300 g/mol. The van der Waals surface area contributed by atoms with Gasteiger partial charge < -0.3 is 5.11 Å². The summed E-state index contributed by atoms with van der Waals surface area (Å²) >= 11 is 0. The van der Waals surface area contributed by atoms with Gasteiger partial charge in [0.25, 0.3) is 0 Å². The van der Waals surface area contributed by atoms with Gasteiger partial charge in [-0.05, 0) is 30.4 Å². The Kier molecular flexibility index (Phi) is 2.46. The molecule has 4 rings (SSSR count). The van der Waals surface area contributed by atoms with E-state index >= 15 is 0 Å². The summed E-state index contributed by atoms with van der Waals surface area (Å²) in [6.07, 6.45) is 4.80. The lowest BCUT2D eigenvalue weighted by molar-refractivity contribution is -0.385. The number of hydrogen-bond donors (Lipinski definition) is 1. The standard InChI is InChI=1S/C15H12N2O5/c18-11-4-3-9(6-10(11)17(21)22)16-14(19)12-7-1-2-8(5-7)13(12)15(16)20/h1-4,6-8,12-13,18H,5H2. The summed E-state index contributed by atoms with van der Waals surface area (Å²) in [5.41, 5.74) is -0.371. The van der Waals surface area contributed by atoms with Crippen LogP contribution in [0.3, 0.4) is 0 Å². The molecule has 3 aliphatic rings. The lowest BCUT2D eigenvalue weighted by Gasteiger charge is -2.17. The summed E-state index contributed by atoms with van der Waals surface area (Å²) in [7, 11) is 0. The Morgan fingerprint density at radius 1 is 1.14 bits per heavy atom. The van der Waals surface area contributed by atoms with Gasteiger partial charge in [0.1, 0.15) is 0 Å². The van der Waals surface area contributed by atoms with Crippen molar-refractivity contribution >= 4 is 23.2 Å². The second kappa shape index (κ2) is 4.16. The highest BCUT2D eigenvalue weighted by molar-refractivity contribution is 6.23. The highest BCUT2D eigenvalue weighted by atomic mass is 16.6. The van der Waals surface area contributed by atoms with Crippen LogP contribution in [0.4, 0.5) is 11.4 Å². The summed E-state index contributed by atoms with van der Waals surface area (Å²) in [4.78, 5) is 36.4. The average molecular weight is 300 g/mol. The molecule has 1 aliphatic heterocycles. The number of anilines is 1. The van der Waals surface area contributed by atoms with Crippen LogP contribution in [0.1, 0.15) is 6.42 Å². The first-order valence-electron chi connectivity index (χ1n) is 7.02. The highest BCUT2D eigenvalue weighted by Crippen LogP contribution is 2.53. The number of hydrogen-bond acceptors (Lipinski definition) is 5. The molecule has 4 unspecified atom stereocenters. The van der Waals surface area contributed by atoms with E-state index < -0.39 is 16.4 Å². The van der Waals surface area contributed by atoms with Crippen molar-refractivity contribution in [1.82, 2.24) is 0 Å². The zero-order valence-corrected chi connectivity index (χ0v) is 11.4. The minimum atomic E-state index is -0.740. The molecule has 2 fully saturated rings. The number of nitrogens with zero attached hydrogens (tertiary/aromatic N) is 2. The maximum atomic E-state index is 12.6. The third-order valence-electron chi connectivity index (χ3n) is 4.88. The fourth-order valence-electron chi connectivity index (χ4n) is 3.95. The van der Waals surface area contributed by atoms with E-state index in [1.807, 2.05) is 12.2 Å². The molecule has 1 heterocycles. The summed E-state index contributed by atoms with van der Waals surface area (Å²) in [5.74, 6) is -1.62. The summed E-state index contributed by atoms with van der Waals surface area (Å²) in [6.45, 7) is 0. The van der Waals surface area contributed by atoms with E-state index in [4.69, 9.17) is 0 Å². The van der Waals surface area contributed by atoms with Crippen LogP contribution in [0, 0.1) is 33.8 Å². The summed E-state index contributed by atoms with van der Waals surface area (Å²) in [5, 5.41) is 20.4. The molecule has 1 aromatic carbocycles. The first-order valence-corrected chi connectivity index (χ1v) is 7.02. The van der Waals surface area contributed by atoms with Crippen molar-refractivity contribution < 1.29 is 19.6 Å². The van der Waals surface area contributed by atoms with Gasteiger partial charge in [0.05, 0.1) is 22.4 Å². The average Bonchev–Trinajstić information content (AvgIpc) is 3.14. The van der Waals surface area contributed by atoms with Crippen molar-refractivity contribution in [1.29, 1.82) is 0 Å². The fourth-order valence-corrected chi connectivity index (χ4v) is 3.95. The van der Waals surface area contributed by atoms with E-state index in [1.54, 1.807) is 0 Å². The fraction of sp³-hybridized carbons (Fsp3) is 0.333. The molecule has 7 nitrogen and oxygen atoms in total. The lowest BCUT2D eigenvalue weighted by atomic mass is 9.85. The molecule has 0 spiro atoms. The molecular weight excluding hydrogens is 288 g/mol. The van der Waals surface area contributed by atoms with Gasteiger partial charge >= 0.3 is 5.69 Å². The quantitative estimate of drug-likeness (QED) is 0.387. The van der Waals surface area contributed by atoms with Crippen LogP contribution < -0.4 is 4.90 Å². The molecule has 112 valence electrons. The summed E-state index contributed by atoms with van der Waals surface area (Å²) in [6, 6.07) is 3.56. The van der Waals surface area contributed by atoms with E-state index in [0.717, 1.165) is 23.5 Å². The predicted octanol–water partition coefficient (Wildman–Crippen LogP) is 1.61. The zero-order valence-electron chi connectivity index (χ0n) is 11.4. The number of carbonyl (C=O) groups excluding carboxylic acids is 2. The SMILES string of the molecule is O=C1C2C3C=CC(C3)C2C(=O)N1c1ccc(O)c([N+](=O)[O-])c1. The van der Waals surface area contributed by atoms with Crippen LogP contribution in [0.2, 0.25) is 0 Å². The molecule has 0 aromatic heterocycles. The number of rotatable bonds is 2. The molecule has 1 saturated carbocycles. The van der Waals surface area contributed by atoms with Crippen LogP contribution in [-0.2, 0) is 9.59 Å². The predicted molar refractivity (Wildman–Crippen MR) is 75.0 cm³/mol. The minimum absolute atomic E-state index is 0.0866. The van der Waals surface area contributed by atoms with Gasteiger partial charge in [0.2, 0.25) is 11.8 Å². The van der Waals surface area contributed by atoms with E-state index in [9.17, 15) is 24.8 Å². The number of nitro benzene ring substituents is 1. The smallest absolute Gasteiger partial charge is 0.312 e. The van der Waals surface area contributed by atoms with Crippen molar-refractivity contribution in [2.24, 2.45) is 23.7 Å². The number of allylic oxidation sites excluding steroid dienone is 2. The molecule has 2 aliphatic carbocycles. The van der Waals surface area contributed by atoms with Crippen LogP contribution >= 0.6 is 0 Å². The Hall–Kier alpha value is -2.70. The number of carbonyl (C=O) groups is 2. The number of nitro groups is 1. The number of phenolic OH excluding ortho intramolecular Hbond substituents is 1. The minimum Gasteiger partial charge on any atom is -0.502 e. The molecule has 1 aromatic rings. The maximum Gasteiger partial charge on any atom is 0.312 e. The first kappa shape index (κ1) is 13.0. The molecule has 0 radical (unpaired) electrons. The van der Waals surface area contributed by atoms with Crippen LogP contribution in [0.15, 0.2) is 30.4 Å². The molecule has 1 saturated heterocycles. The molecule has 1 N–H and O–H groups in total. The Morgan fingerprint density at radius 3 is 2.27 bits per heavy atom. The lowest BCUT2D eigenvalue weighted by Crippen LogP contribution is -2.32. The molecule has 2 bridgehead atoms. The number of aromatic hydroxyl groups is 1. The number of benzene rings is 1. The van der Waals surface area contributed by atoms with Gasteiger partial charge in [-0.3, -0.25) is 19.7 Å². The zero-order chi connectivity index (χ0) is 15.6. The molecular formula is C15H12N2O5. The van der Waals surface area contributed by atoms with E-state index in [1.165, 1.54) is 6.07 Å². The Labute approximate surface area is 125 Å². The van der Waals surface area contributed by atoms with Crippen LogP contribution in [0.25, 0.3) is 0 Å². The van der Waals surface area contributed by atoms with Crippen LogP contribution in [-0.4, -0.2) is 21.8 Å². The van der Waals surface area contributed by atoms with Crippen molar-refractivity contribution in [3.63, 3.8) is 0 Å². The van der Waals surface area contributed by atoms with Gasteiger partial charge in [0, 0.05) is 6.07 Å². The third-order valence-corrected chi connectivity index (χ3v) is 4.88. The molecule has 2 amide bonds. The topological polar surface area (TPSA) is 101 Å². The van der Waals surface area contributed by atoms with E-state index in [-0.39, 0.29) is 41.2 Å². The maximum absolute atomic E-state index is 12.6. The Bertz CT molecular complexity index is 726. The van der Waals surface area contributed by atoms with Crippen molar-refractivity contribution in [3.05, 3.63) is 40.5 Å². The van der Waals surface area contributed by atoms with Crippen molar-refractivity contribution in [3.8, 4) is 5.75 Å². The van der Waals surface area contributed by atoms with Crippen molar-refractivity contribution in [2.45, 2.75) is 6.42 Å². The normalized spacial score (nSPS) is 31.9. The van der Waals surface area contributed by atoms with Crippen molar-refractivity contribution in [2.75, 3.05) is 4.90 Å². The molecule has 7 heteroatoms. The molecule has 4 atom stereocenters. The third kappa shape index (κ3) is 1.50. The molecule has 22 heavy (non-hydrogen) atoms. The number of imide groups is 1. The Balaban J connectivity index is 1.76. The van der Waals surface area contributed by atoms with Gasteiger partial charge in [0.15, 0.2) is 5.75 Å². The van der Waals surface area contributed by atoms with Gasteiger partial charge in [-0.15, -0.1) is 0 Å². The second-order valence-corrected chi connectivity index (χ2v) is 5.94. The van der Waals surface area contributed by atoms with E-state index in [2.05, 4.69) is 0 Å². The second-order valence-electron chi connectivity index (χ2n) is 5.94. The first-order chi connectivity index (χ1) is 10.5.